The number of ether oxygens (including phenoxy) is 2. The van der Waals surface area contributed by atoms with Crippen LogP contribution in [0.3, 0.4) is 0 Å². The molecule has 5 heteroatoms. The number of carbonyl (C=O) groups is 1. The zero-order valence-electron chi connectivity index (χ0n) is 17.8. The van der Waals surface area contributed by atoms with E-state index in [1.54, 1.807) is 7.11 Å². The Bertz CT molecular complexity index is 619. The molecule has 1 spiro atoms. The summed E-state index contributed by atoms with van der Waals surface area (Å²) in [4.78, 5) is 17.3. The minimum atomic E-state index is -0.0156. The van der Waals surface area contributed by atoms with Crippen molar-refractivity contribution in [1.82, 2.24) is 9.80 Å². The Morgan fingerprint density at radius 2 is 1.89 bits per heavy atom. The SMILES string of the molecule is CCN(CC)[C@H]1CCOC2(CCN(C(=O)CCc3ccc(OC)cc3)CC2)C1. The number of carbonyl (C=O) groups excluding carboxylic acids is 1. The topological polar surface area (TPSA) is 42.0 Å². The smallest absolute Gasteiger partial charge is 0.222 e. The van der Waals surface area contributed by atoms with Crippen LogP contribution in [0.1, 0.15) is 51.5 Å². The predicted molar refractivity (Wildman–Crippen MR) is 112 cm³/mol. The maximum atomic E-state index is 12.7. The van der Waals surface area contributed by atoms with Crippen LogP contribution in [0.5, 0.6) is 5.75 Å². The molecule has 2 aliphatic rings. The molecule has 5 nitrogen and oxygen atoms in total. The van der Waals surface area contributed by atoms with E-state index in [1.165, 1.54) is 5.56 Å². The van der Waals surface area contributed by atoms with Gasteiger partial charge in [0.15, 0.2) is 0 Å². The van der Waals surface area contributed by atoms with Crippen molar-refractivity contribution in [2.75, 3.05) is 39.9 Å². The molecule has 2 heterocycles. The molecule has 0 aliphatic carbocycles. The molecule has 1 aromatic rings. The van der Waals surface area contributed by atoms with Crippen molar-refractivity contribution in [3.8, 4) is 5.75 Å². The Hall–Kier alpha value is -1.59. The van der Waals surface area contributed by atoms with Gasteiger partial charge < -0.3 is 19.3 Å². The number of hydrogen-bond acceptors (Lipinski definition) is 4. The minimum absolute atomic E-state index is 0.0156. The first-order chi connectivity index (χ1) is 13.6. The van der Waals surface area contributed by atoms with Crippen molar-refractivity contribution < 1.29 is 14.3 Å². The first-order valence-electron chi connectivity index (χ1n) is 10.9. The molecule has 1 amide bonds. The van der Waals surface area contributed by atoms with Crippen LogP contribution in [0.15, 0.2) is 24.3 Å². The van der Waals surface area contributed by atoms with E-state index < -0.39 is 0 Å². The maximum absolute atomic E-state index is 12.7. The molecule has 156 valence electrons. The molecule has 2 saturated heterocycles. The number of aryl methyl sites for hydroxylation is 1. The van der Waals surface area contributed by atoms with Crippen LogP contribution in [-0.2, 0) is 16.0 Å². The van der Waals surface area contributed by atoms with Crippen LogP contribution in [0, 0.1) is 0 Å². The highest BCUT2D eigenvalue weighted by Crippen LogP contribution is 2.36. The molecular formula is C23H36N2O3. The molecule has 0 saturated carbocycles. The third-order valence-corrected chi connectivity index (χ3v) is 6.61. The van der Waals surface area contributed by atoms with Crippen molar-refractivity contribution >= 4 is 5.91 Å². The van der Waals surface area contributed by atoms with Crippen LogP contribution in [0.4, 0.5) is 0 Å². The van der Waals surface area contributed by atoms with Crippen LogP contribution in [-0.4, -0.2) is 67.2 Å². The average Bonchev–Trinajstić information content (AvgIpc) is 2.74. The Morgan fingerprint density at radius 1 is 1.21 bits per heavy atom. The van der Waals surface area contributed by atoms with Crippen LogP contribution in [0.2, 0.25) is 0 Å². The fourth-order valence-corrected chi connectivity index (χ4v) is 4.77. The second-order valence-electron chi connectivity index (χ2n) is 8.13. The number of likely N-dealkylation sites (tertiary alicyclic amines) is 1. The molecule has 28 heavy (non-hydrogen) atoms. The summed E-state index contributed by atoms with van der Waals surface area (Å²) in [6, 6.07) is 8.62. The number of amides is 1. The van der Waals surface area contributed by atoms with Gasteiger partial charge in [0, 0.05) is 32.2 Å². The summed E-state index contributed by atoms with van der Waals surface area (Å²) in [5.41, 5.74) is 1.17. The van der Waals surface area contributed by atoms with Crippen LogP contribution >= 0.6 is 0 Å². The Morgan fingerprint density at radius 3 is 2.50 bits per heavy atom. The summed E-state index contributed by atoms with van der Waals surface area (Å²) in [6.07, 6.45) is 5.54. The maximum Gasteiger partial charge on any atom is 0.222 e. The summed E-state index contributed by atoms with van der Waals surface area (Å²) in [7, 11) is 1.67. The van der Waals surface area contributed by atoms with Gasteiger partial charge in [0.05, 0.1) is 12.7 Å². The fraction of sp³-hybridized carbons (Fsp3) is 0.696. The van der Waals surface area contributed by atoms with Gasteiger partial charge in [-0.15, -0.1) is 0 Å². The van der Waals surface area contributed by atoms with Crippen LogP contribution < -0.4 is 4.74 Å². The lowest BCUT2D eigenvalue weighted by atomic mass is 9.81. The lowest BCUT2D eigenvalue weighted by Crippen LogP contribution is -2.54. The molecule has 3 rings (SSSR count). The fourth-order valence-electron chi connectivity index (χ4n) is 4.77. The standard InChI is InChI=1S/C23H36N2O3/c1-4-24(5-2)20-12-17-28-23(18-20)13-15-25(16-14-23)22(26)11-8-19-6-9-21(27-3)10-7-19/h6-7,9-10,20H,4-5,8,11-18H2,1-3H3/t20-/m0/s1. The molecule has 1 atom stereocenters. The largest absolute Gasteiger partial charge is 0.497 e. The highest BCUT2D eigenvalue weighted by molar-refractivity contribution is 5.76. The normalized spacial score (nSPS) is 21.9. The predicted octanol–water partition coefficient (Wildman–Crippen LogP) is 3.51. The summed E-state index contributed by atoms with van der Waals surface area (Å²) in [5.74, 6) is 1.12. The second kappa shape index (κ2) is 9.75. The quantitative estimate of drug-likeness (QED) is 0.717. The third kappa shape index (κ3) is 5.06. The van der Waals surface area contributed by atoms with E-state index in [0.717, 1.165) is 70.6 Å². The van der Waals surface area contributed by atoms with E-state index in [2.05, 4.69) is 18.7 Å². The number of methoxy groups -OCH3 is 1. The number of hydrogen-bond donors (Lipinski definition) is 0. The van der Waals surface area contributed by atoms with Crippen LogP contribution in [0.25, 0.3) is 0 Å². The molecular weight excluding hydrogens is 352 g/mol. The van der Waals surface area contributed by atoms with Crippen molar-refractivity contribution in [2.24, 2.45) is 0 Å². The number of nitrogens with zero attached hydrogens (tertiary/aromatic N) is 2. The number of rotatable bonds is 7. The van der Waals surface area contributed by atoms with Crippen molar-refractivity contribution in [3.63, 3.8) is 0 Å². The Balaban J connectivity index is 1.48. The van der Waals surface area contributed by atoms with Gasteiger partial charge in [0.2, 0.25) is 5.91 Å². The first-order valence-corrected chi connectivity index (χ1v) is 10.9. The molecule has 0 N–H and O–H groups in total. The van der Waals surface area contributed by atoms with Gasteiger partial charge in [-0.3, -0.25) is 4.79 Å². The van der Waals surface area contributed by atoms with Gasteiger partial charge in [0.1, 0.15) is 5.75 Å². The summed E-state index contributed by atoms with van der Waals surface area (Å²) >= 11 is 0. The molecule has 1 aromatic carbocycles. The van der Waals surface area contributed by atoms with Gasteiger partial charge in [-0.1, -0.05) is 26.0 Å². The zero-order valence-corrected chi connectivity index (χ0v) is 17.8. The minimum Gasteiger partial charge on any atom is -0.497 e. The lowest BCUT2D eigenvalue weighted by molar-refractivity contribution is -0.149. The van der Waals surface area contributed by atoms with E-state index in [-0.39, 0.29) is 11.5 Å². The van der Waals surface area contributed by atoms with Crippen molar-refractivity contribution in [2.45, 2.75) is 64.0 Å². The van der Waals surface area contributed by atoms with E-state index >= 15 is 0 Å². The summed E-state index contributed by atoms with van der Waals surface area (Å²) in [5, 5.41) is 0. The summed E-state index contributed by atoms with van der Waals surface area (Å²) in [6.45, 7) is 9.21. The Kier molecular flexibility index (Phi) is 7.36. The first kappa shape index (κ1) is 21.1. The lowest BCUT2D eigenvalue weighted by Gasteiger charge is -2.48. The molecule has 2 fully saturated rings. The van der Waals surface area contributed by atoms with E-state index in [0.29, 0.717) is 12.5 Å². The van der Waals surface area contributed by atoms with Gasteiger partial charge in [0.25, 0.3) is 0 Å². The summed E-state index contributed by atoms with van der Waals surface area (Å²) < 4.78 is 11.5. The van der Waals surface area contributed by atoms with Gasteiger partial charge in [-0.05, 0) is 62.9 Å². The average molecular weight is 389 g/mol. The molecule has 0 radical (unpaired) electrons. The van der Waals surface area contributed by atoms with E-state index in [4.69, 9.17) is 9.47 Å². The van der Waals surface area contributed by atoms with Gasteiger partial charge in [-0.25, -0.2) is 0 Å². The highest BCUT2D eigenvalue weighted by Gasteiger charge is 2.42. The second-order valence-corrected chi connectivity index (χ2v) is 8.13. The zero-order chi connectivity index (χ0) is 20.0. The molecule has 2 aliphatic heterocycles. The number of piperidine rings is 1. The van der Waals surface area contributed by atoms with E-state index in [9.17, 15) is 4.79 Å². The van der Waals surface area contributed by atoms with Gasteiger partial charge >= 0.3 is 0 Å². The number of benzene rings is 1. The van der Waals surface area contributed by atoms with Crippen molar-refractivity contribution in [3.05, 3.63) is 29.8 Å². The molecule has 0 aromatic heterocycles. The van der Waals surface area contributed by atoms with Crippen molar-refractivity contribution in [1.29, 1.82) is 0 Å². The highest BCUT2D eigenvalue weighted by atomic mass is 16.5. The monoisotopic (exact) mass is 388 g/mol. The van der Waals surface area contributed by atoms with E-state index in [1.807, 2.05) is 29.2 Å². The van der Waals surface area contributed by atoms with Gasteiger partial charge in [-0.2, -0.15) is 0 Å². The third-order valence-electron chi connectivity index (χ3n) is 6.61. The molecule has 0 bridgehead atoms. The Labute approximate surface area is 170 Å². The molecule has 0 unspecified atom stereocenters.